The van der Waals surface area contributed by atoms with Gasteiger partial charge >= 0.3 is 0 Å². The van der Waals surface area contributed by atoms with Crippen molar-refractivity contribution in [1.29, 1.82) is 0 Å². The fraction of sp³-hybridized carbons (Fsp3) is 0. The van der Waals surface area contributed by atoms with Gasteiger partial charge in [-0.25, -0.2) is 0 Å². The minimum Gasteiger partial charge on any atom is -0.276 e. The first kappa shape index (κ1) is 11.0. The van der Waals surface area contributed by atoms with Gasteiger partial charge < -0.3 is 0 Å². The third kappa shape index (κ3) is 1.69. The molecule has 0 bridgehead atoms. The summed E-state index contributed by atoms with van der Waals surface area (Å²) in [6.07, 6.45) is 3.36. The zero-order valence-electron chi connectivity index (χ0n) is 9.38. The fourth-order valence-corrected chi connectivity index (χ4v) is 2.16. The third-order valence-electron chi connectivity index (χ3n) is 2.77. The lowest BCUT2D eigenvalue weighted by molar-refractivity contribution is 1.04. The Labute approximate surface area is 108 Å². The van der Waals surface area contributed by atoms with Crippen molar-refractivity contribution in [2.24, 2.45) is 0 Å². The van der Waals surface area contributed by atoms with Crippen LogP contribution in [0.5, 0.6) is 0 Å². The number of fused-ring (bicyclic) bond motifs is 1. The minimum atomic E-state index is -0.221. The topological polar surface area (TPSA) is 34.9 Å². The summed E-state index contributed by atoms with van der Waals surface area (Å²) in [5.74, 6) is 0. The van der Waals surface area contributed by atoms with Crippen molar-refractivity contribution in [3.8, 4) is 5.69 Å². The Kier molecular flexibility index (Phi) is 2.61. The second kappa shape index (κ2) is 4.27. The maximum Gasteiger partial charge on any atom is 0.274 e. The summed E-state index contributed by atoms with van der Waals surface area (Å²) in [6, 6.07) is 12.9. The van der Waals surface area contributed by atoms with Gasteiger partial charge in [0.05, 0.1) is 5.52 Å². The Morgan fingerprint density at radius 1 is 1.11 bits per heavy atom. The number of hydrogen-bond donors (Lipinski definition) is 0. The lowest BCUT2D eigenvalue weighted by Crippen LogP contribution is -2.19. The molecular weight excluding hydrogens is 248 g/mol. The van der Waals surface area contributed by atoms with E-state index in [0.717, 1.165) is 16.6 Å². The molecular formula is C14H9ClN2O. The molecule has 3 rings (SSSR count). The minimum absolute atomic E-state index is 0.194. The zero-order valence-corrected chi connectivity index (χ0v) is 10.1. The number of halogens is 1. The van der Waals surface area contributed by atoms with Crippen molar-refractivity contribution in [3.63, 3.8) is 0 Å². The van der Waals surface area contributed by atoms with Crippen LogP contribution in [-0.4, -0.2) is 9.55 Å². The smallest absolute Gasteiger partial charge is 0.274 e. The SMILES string of the molecule is O=c1c(Cl)cc2cnccc2n1-c1ccccc1. The van der Waals surface area contributed by atoms with Crippen molar-refractivity contribution in [2.75, 3.05) is 0 Å². The van der Waals surface area contributed by atoms with E-state index in [-0.39, 0.29) is 10.6 Å². The number of para-hydroxylation sites is 1. The Hall–Kier alpha value is -2.13. The van der Waals surface area contributed by atoms with Crippen LogP contribution < -0.4 is 5.56 Å². The monoisotopic (exact) mass is 256 g/mol. The number of aromatic nitrogens is 2. The highest BCUT2D eigenvalue weighted by atomic mass is 35.5. The van der Waals surface area contributed by atoms with Crippen molar-refractivity contribution in [1.82, 2.24) is 9.55 Å². The Morgan fingerprint density at radius 3 is 2.67 bits per heavy atom. The average molecular weight is 257 g/mol. The van der Waals surface area contributed by atoms with Gasteiger partial charge in [-0.05, 0) is 24.3 Å². The van der Waals surface area contributed by atoms with Gasteiger partial charge in [-0.1, -0.05) is 29.8 Å². The van der Waals surface area contributed by atoms with E-state index >= 15 is 0 Å². The van der Waals surface area contributed by atoms with Gasteiger partial charge in [0, 0.05) is 23.5 Å². The van der Waals surface area contributed by atoms with Gasteiger partial charge in [-0.15, -0.1) is 0 Å². The van der Waals surface area contributed by atoms with Crippen LogP contribution in [0.25, 0.3) is 16.6 Å². The molecule has 0 saturated heterocycles. The highest BCUT2D eigenvalue weighted by Gasteiger charge is 2.08. The first-order chi connectivity index (χ1) is 8.77. The molecule has 0 saturated carbocycles. The molecule has 18 heavy (non-hydrogen) atoms. The molecule has 4 heteroatoms. The lowest BCUT2D eigenvalue weighted by Gasteiger charge is -2.10. The molecule has 0 amide bonds. The Bertz CT molecular complexity index is 766. The summed E-state index contributed by atoms with van der Waals surface area (Å²) in [5.41, 5.74) is 1.37. The first-order valence-electron chi connectivity index (χ1n) is 5.48. The van der Waals surface area contributed by atoms with Crippen molar-refractivity contribution in [2.45, 2.75) is 0 Å². The Balaban J connectivity index is 2.47. The maximum atomic E-state index is 12.2. The predicted molar refractivity (Wildman–Crippen MR) is 72.4 cm³/mol. The van der Waals surface area contributed by atoms with E-state index < -0.39 is 0 Å². The predicted octanol–water partition coefficient (Wildman–Crippen LogP) is 3.04. The molecule has 0 aliphatic rings. The summed E-state index contributed by atoms with van der Waals surface area (Å²) >= 11 is 5.98. The molecule has 0 N–H and O–H groups in total. The highest BCUT2D eigenvalue weighted by Crippen LogP contribution is 2.18. The van der Waals surface area contributed by atoms with Gasteiger partial charge in [-0.3, -0.25) is 14.3 Å². The molecule has 0 aliphatic carbocycles. The molecule has 3 nitrogen and oxygen atoms in total. The summed E-state index contributed by atoms with van der Waals surface area (Å²) in [5, 5.41) is 1.03. The quantitative estimate of drug-likeness (QED) is 0.671. The van der Waals surface area contributed by atoms with E-state index in [1.165, 1.54) is 0 Å². The number of rotatable bonds is 1. The van der Waals surface area contributed by atoms with Crippen LogP contribution in [0.1, 0.15) is 0 Å². The highest BCUT2D eigenvalue weighted by molar-refractivity contribution is 6.31. The average Bonchev–Trinajstić information content (AvgIpc) is 2.41. The molecule has 0 fully saturated rings. The summed E-state index contributed by atoms with van der Waals surface area (Å²) in [4.78, 5) is 16.2. The van der Waals surface area contributed by atoms with Crippen LogP contribution in [0.2, 0.25) is 5.02 Å². The molecule has 2 heterocycles. The molecule has 2 aromatic heterocycles. The third-order valence-corrected chi connectivity index (χ3v) is 3.04. The van der Waals surface area contributed by atoms with Gasteiger partial charge in [0.15, 0.2) is 0 Å². The van der Waals surface area contributed by atoms with Crippen LogP contribution in [0.15, 0.2) is 59.7 Å². The van der Waals surface area contributed by atoms with E-state index in [0.29, 0.717) is 0 Å². The van der Waals surface area contributed by atoms with Crippen molar-refractivity contribution in [3.05, 3.63) is 70.2 Å². The summed E-state index contributed by atoms with van der Waals surface area (Å²) < 4.78 is 1.60. The maximum absolute atomic E-state index is 12.2. The molecule has 88 valence electrons. The van der Waals surface area contributed by atoms with Crippen LogP contribution in [0.3, 0.4) is 0 Å². The molecule has 0 unspecified atom stereocenters. The van der Waals surface area contributed by atoms with Gasteiger partial charge in [-0.2, -0.15) is 0 Å². The number of nitrogens with zero attached hydrogens (tertiary/aromatic N) is 2. The molecule has 0 atom stereocenters. The van der Waals surface area contributed by atoms with Gasteiger partial charge in [0.25, 0.3) is 5.56 Å². The molecule has 1 aromatic carbocycles. The van der Waals surface area contributed by atoms with Crippen LogP contribution >= 0.6 is 11.6 Å². The Morgan fingerprint density at radius 2 is 1.89 bits per heavy atom. The molecule has 0 spiro atoms. The second-order valence-corrected chi connectivity index (χ2v) is 4.31. The molecule has 3 aromatic rings. The molecule has 0 aliphatic heterocycles. The summed E-state index contributed by atoms with van der Waals surface area (Å²) in [6.45, 7) is 0. The second-order valence-electron chi connectivity index (χ2n) is 3.90. The number of pyridine rings is 2. The van der Waals surface area contributed by atoms with Crippen LogP contribution in [0.4, 0.5) is 0 Å². The fourth-order valence-electron chi connectivity index (χ4n) is 1.96. The standard InChI is InChI=1S/C14H9ClN2O/c15-12-8-10-9-16-7-6-13(10)17(14(12)18)11-4-2-1-3-5-11/h1-9H. The van der Waals surface area contributed by atoms with Crippen molar-refractivity contribution >= 4 is 22.5 Å². The first-order valence-corrected chi connectivity index (χ1v) is 5.86. The van der Waals surface area contributed by atoms with E-state index in [9.17, 15) is 4.79 Å². The van der Waals surface area contributed by atoms with Crippen LogP contribution in [0, 0.1) is 0 Å². The van der Waals surface area contributed by atoms with Gasteiger partial charge in [0.2, 0.25) is 0 Å². The normalized spacial score (nSPS) is 10.7. The lowest BCUT2D eigenvalue weighted by atomic mass is 10.2. The van der Waals surface area contributed by atoms with Crippen molar-refractivity contribution < 1.29 is 0 Å². The molecule has 0 radical (unpaired) electrons. The van der Waals surface area contributed by atoms with Crippen LogP contribution in [-0.2, 0) is 0 Å². The number of benzene rings is 1. The van der Waals surface area contributed by atoms with E-state index in [2.05, 4.69) is 4.98 Å². The summed E-state index contributed by atoms with van der Waals surface area (Å²) in [7, 11) is 0. The number of hydrogen-bond acceptors (Lipinski definition) is 2. The van der Waals surface area contributed by atoms with E-state index in [4.69, 9.17) is 11.6 Å². The largest absolute Gasteiger partial charge is 0.276 e. The van der Waals surface area contributed by atoms with Gasteiger partial charge in [0.1, 0.15) is 5.02 Å². The zero-order chi connectivity index (χ0) is 12.5. The van der Waals surface area contributed by atoms with E-state index in [1.54, 1.807) is 29.1 Å². The van der Waals surface area contributed by atoms with E-state index in [1.807, 2.05) is 30.3 Å².